The highest BCUT2D eigenvalue weighted by atomic mass is 127. The largest absolute Gasteiger partial charge is 0.507 e. The lowest BCUT2D eigenvalue weighted by molar-refractivity contribution is -0.128. The van der Waals surface area contributed by atoms with E-state index >= 15 is 0 Å². The van der Waals surface area contributed by atoms with Crippen LogP contribution < -0.4 is 0 Å². The molecule has 1 heterocycles. The second-order valence-electron chi connectivity index (χ2n) is 3.47. The zero-order chi connectivity index (χ0) is 13.3. The number of halogens is 4. The molecule has 1 aromatic carbocycles. The van der Waals surface area contributed by atoms with E-state index in [4.69, 9.17) is 4.52 Å². The maximum atomic E-state index is 12.1. The number of alkyl halides is 3. The Hall–Kier alpha value is -1.32. The van der Waals surface area contributed by atoms with Gasteiger partial charge in [-0.3, -0.25) is 0 Å². The molecule has 96 valence electrons. The zero-order valence-corrected chi connectivity index (χ0v) is 10.9. The predicted molar refractivity (Wildman–Crippen MR) is 63.9 cm³/mol. The van der Waals surface area contributed by atoms with Crippen molar-refractivity contribution in [2.75, 3.05) is 0 Å². The van der Waals surface area contributed by atoms with E-state index in [0.29, 0.717) is 0 Å². The number of phenolic OH excluding ortho intramolecular Hbond substituents is 1. The molecule has 2 rings (SSSR count). The molecular weight excluding hydrogens is 364 g/mol. The summed E-state index contributed by atoms with van der Waals surface area (Å²) in [5, 5.41) is 12.8. The highest BCUT2D eigenvalue weighted by molar-refractivity contribution is 14.1. The number of benzene rings is 1. The minimum absolute atomic E-state index is 0.127. The molecule has 0 fully saturated rings. The van der Waals surface area contributed by atoms with Crippen molar-refractivity contribution in [1.29, 1.82) is 0 Å². The first kappa shape index (κ1) is 13.1. The number of aromatic nitrogens is 2. The molecule has 0 aliphatic rings. The van der Waals surface area contributed by atoms with Crippen LogP contribution in [-0.2, 0) is 6.42 Å². The van der Waals surface area contributed by atoms with Gasteiger partial charge in [-0.15, -0.1) is 0 Å². The third-order valence-corrected chi connectivity index (χ3v) is 2.69. The van der Waals surface area contributed by atoms with Gasteiger partial charge in [-0.1, -0.05) is 5.16 Å². The molecule has 0 amide bonds. The first-order valence-electron chi connectivity index (χ1n) is 4.73. The Morgan fingerprint density at radius 3 is 2.72 bits per heavy atom. The van der Waals surface area contributed by atoms with E-state index in [1.54, 1.807) is 12.1 Å². The fourth-order valence-corrected chi connectivity index (χ4v) is 1.79. The molecule has 4 nitrogen and oxygen atoms in total. The Balaban J connectivity index is 2.32. The second kappa shape index (κ2) is 4.75. The van der Waals surface area contributed by atoms with Crippen molar-refractivity contribution in [3.63, 3.8) is 0 Å². The summed E-state index contributed by atoms with van der Waals surface area (Å²) in [5.41, 5.74) is 0.211. The first-order valence-corrected chi connectivity index (χ1v) is 5.81. The molecule has 0 aliphatic carbocycles. The van der Waals surface area contributed by atoms with Gasteiger partial charge >= 0.3 is 6.18 Å². The van der Waals surface area contributed by atoms with Gasteiger partial charge in [0, 0.05) is 3.57 Å². The smallest absolute Gasteiger partial charge is 0.396 e. The number of phenols is 1. The monoisotopic (exact) mass is 370 g/mol. The van der Waals surface area contributed by atoms with Crippen LogP contribution in [0.15, 0.2) is 22.7 Å². The maximum Gasteiger partial charge on any atom is 0.396 e. The molecule has 0 atom stereocenters. The molecule has 1 N–H and O–H groups in total. The number of hydrogen-bond acceptors (Lipinski definition) is 4. The van der Waals surface area contributed by atoms with Crippen LogP contribution in [0.5, 0.6) is 5.75 Å². The van der Waals surface area contributed by atoms with E-state index in [2.05, 4.69) is 10.1 Å². The van der Waals surface area contributed by atoms with Gasteiger partial charge in [0.05, 0.1) is 5.56 Å². The molecule has 0 spiro atoms. The van der Waals surface area contributed by atoms with Crippen LogP contribution in [0.4, 0.5) is 13.2 Å². The van der Waals surface area contributed by atoms with Crippen molar-refractivity contribution < 1.29 is 22.8 Å². The highest BCUT2D eigenvalue weighted by Gasteiger charge is 2.30. The van der Waals surface area contributed by atoms with Crippen LogP contribution in [0.3, 0.4) is 0 Å². The standard InChI is InChI=1S/C10H6F3IN2O2/c11-10(12,13)4-8-15-9(18-16-8)6-3-5(14)1-2-7(6)17/h1-3,17H,4H2. The van der Waals surface area contributed by atoms with Gasteiger partial charge in [-0.25, -0.2) is 0 Å². The van der Waals surface area contributed by atoms with Gasteiger partial charge in [0.25, 0.3) is 5.89 Å². The van der Waals surface area contributed by atoms with Gasteiger partial charge in [0.1, 0.15) is 12.2 Å². The molecule has 1 aromatic heterocycles. The van der Waals surface area contributed by atoms with Gasteiger partial charge < -0.3 is 9.63 Å². The molecule has 0 saturated heterocycles. The lowest BCUT2D eigenvalue weighted by Crippen LogP contribution is -2.12. The molecule has 0 radical (unpaired) electrons. The Labute approximate surface area is 113 Å². The summed E-state index contributed by atoms with van der Waals surface area (Å²) in [6.45, 7) is 0. The maximum absolute atomic E-state index is 12.1. The van der Waals surface area contributed by atoms with E-state index in [1.807, 2.05) is 22.6 Å². The molecule has 0 aliphatic heterocycles. The van der Waals surface area contributed by atoms with E-state index in [9.17, 15) is 18.3 Å². The van der Waals surface area contributed by atoms with Crippen LogP contribution in [0, 0.1) is 3.57 Å². The van der Waals surface area contributed by atoms with Gasteiger partial charge in [-0.2, -0.15) is 18.2 Å². The quantitative estimate of drug-likeness (QED) is 0.826. The second-order valence-corrected chi connectivity index (χ2v) is 4.71. The van der Waals surface area contributed by atoms with E-state index < -0.39 is 18.4 Å². The number of rotatable bonds is 2. The van der Waals surface area contributed by atoms with Gasteiger partial charge in [0.15, 0.2) is 5.82 Å². The molecule has 0 bridgehead atoms. The average molecular weight is 370 g/mol. The first-order chi connectivity index (χ1) is 8.35. The van der Waals surface area contributed by atoms with Crippen molar-refractivity contribution >= 4 is 22.6 Å². The van der Waals surface area contributed by atoms with Crippen LogP contribution in [0.25, 0.3) is 11.5 Å². The lowest BCUT2D eigenvalue weighted by Gasteiger charge is -2.00. The summed E-state index contributed by atoms with van der Waals surface area (Å²) < 4.78 is 41.9. The summed E-state index contributed by atoms with van der Waals surface area (Å²) in [5.74, 6) is -0.723. The van der Waals surface area contributed by atoms with Crippen LogP contribution in [0.2, 0.25) is 0 Å². The van der Waals surface area contributed by atoms with Gasteiger partial charge in [-0.05, 0) is 40.8 Å². The Morgan fingerprint density at radius 1 is 1.33 bits per heavy atom. The number of nitrogens with zero attached hydrogens (tertiary/aromatic N) is 2. The van der Waals surface area contributed by atoms with Gasteiger partial charge in [0.2, 0.25) is 0 Å². The molecule has 2 aromatic rings. The summed E-state index contributed by atoms with van der Waals surface area (Å²) in [7, 11) is 0. The number of hydrogen-bond donors (Lipinski definition) is 1. The summed E-state index contributed by atoms with van der Waals surface area (Å²) in [6, 6.07) is 4.60. The molecule has 18 heavy (non-hydrogen) atoms. The highest BCUT2D eigenvalue weighted by Crippen LogP contribution is 2.30. The SMILES string of the molecule is Oc1ccc(I)cc1-c1nc(CC(F)(F)F)no1. The third-order valence-electron chi connectivity index (χ3n) is 2.02. The van der Waals surface area contributed by atoms with E-state index in [0.717, 1.165) is 3.57 Å². The minimum Gasteiger partial charge on any atom is -0.507 e. The fourth-order valence-electron chi connectivity index (χ4n) is 1.29. The number of aromatic hydroxyl groups is 1. The summed E-state index contributed by atoms with van der Waals surface area (Å²) in [4.78, 5) is 3.61. The van der Waals surface area contributed by atoms with Crippen molar-refractivity contribution in [3.8, 4) is 17.2 Å². The van der Waals surface area contributed by atoms with Crippen molar-refractivity contribution in [1.82, 2.24) is 10.1 Å². The normalized spacial score (nSPS) is 11.8. The molecule has 0 saturated carbocycles. The van der Waals surface area contributed by atoms with Crippen LogP contribution in [0.1, 0.15) is 5.82 Å². The Bertz CT molecular complexity index is 568. The molecule has 0 unspecified atom stereocenters. The topological polar surface area (TPSA) is 59.2 Å². The summed E-state index contributed by atoms with van der Waals surface area (Å²) in [6.07, 6.45) is -5.66. The van der Waals surface area contributed by atoms with E-state index in [1.165, 1.54) is 6.07 Å². The summed E-state index contributed by atoms with van der Waals surface area (Å²) >= 11 is 2.00. The van der Waals surface area contributed by atoms with Crippen LogP contribution >= 0.6 is 22.6 Å². The minimum atomic E-state index is -4.39. The Kier molecular flexibility index (Phi) is 3.46. The molecular formula is C10H6F3IN2O2. The van der Waals surface area contributed by atoms with Crippen molar-refractivity contribution in [2.24, 2.45) is 0 Å². The average Bonchev–Trinajstić information content (AvgIpc) is 2.67. The third kappa shape index (κ3) is 3.12. The predicted octanol–water partition coefficient (Wildman–Crippen LogP) is 3.15. The van der Waals surface area contributed by atoms with Crippen molar-refractivity contribution in [3.05, 3.63) is 27.6 Å². The lowest BCUT2D eigenvalue weighted by atomic mass is 10.2. The Morgan fingerprint density at radius 2 is 2.06 bits per heavy atom. The zero-order valence-electron chi connectivity index (χ0n) is 8.70. The fraction of sp³-hybridized carbons (Fsp3) is 0.200. The van der Waals surface area contributed by atoms with Crippen molar-refractivity contribution in [2.45, 2.75) is 12.6 Å². The van der Waals surface area contributed by atoms with Crippen LogP contribution in [-0.4, -0.2) is 21.4 Å². The molecule has 8 heteroatoms. The van der Waals surface area contributed by atoms with E-state index in [-0.39, 0.29) is 17.2 Å².